The van der Waals surface area contributed by atoms with Crippen molar-refractivity contribution in [2.75, 3.05) is 7.11 Å². The van der Waals surface area contributed by atoms with Gasteiger partial charge in [-0.3, -0.25) is 4.79 Å². The van der Waals surface area contributed by atoms with Crippen molar-refractivity contribution in [1.29, 1.82) is 0 Å². The zero-order valence-electron chi connectivity index (χ0n) is 11.8. The molecule has 1 saturated carbocycles. The van der Waals surface area contributed by atoms with Crippen molar-refractivity contribution in [2.24, 2.45) is 5.92 Å². The van der Waals surface area contributed by atoms with Gasteiger partial charge < -0.3 is 4.74 Å². The van der Waals surface area contributed by atoms with Gasteiger partial charge >= 0.3 is 5.97 Å². The van der Waals surface area contributed by atoms with Crippen LogP contribution in [0.1, 0.15) is 31.2 Å². The monoisotopic (exact) mass is 296 g/mol. The highest BCUT2D eigenvalue weighted by Crippen LogP contribution is 2.32. The molecule has 0 radical (unpaired) electrons. The van der Waals surface area contributed by atoms with Crippen molar-refractivity contribution in [2.45, 2.75) is 42.8 Å². The van der Waals surface area contributed by atoms with E-state index in [4.69, 9.17) is 4.74 Å². The second-order valence-electron chi connectivity index (χ2n) is 5.35. The minimum absolute atomic E-state index is 0.149. The number of carbonyl (C=O) groups is 1. The summed E-state index contributed by atoms with van der Waals surface area (Å²) in [5, 5.41) is -0.383. The van der Waals surface area contributed by atoms with E-state index in [9.17, 15) is 13.2 Å². The molecule has 0 bridgehead atoms. The molecule has 0 N–H and O–H groups in total. The first-order chi connectivity index (χ1) is 9.45. The molecule has 5 heteroatoms. The number of carbonyl (C=O) groups excluding carboxylic acids is 1. The highest BCUT2D eigenvalue weighted by molar-refractivity contribution is 7.92. The molecule has 0 atom stereocenters. The molecule has 0 saturated heterocycles. The zero-order valence-corrected chi connectivity index (χ0v) is 12.7. The molecule has 0 heterocycles. The van der Waals surface area contributed by atoms with Gasteiger partial charge in [0, 0.05) is 0 Å². The number of ether oxygens (including phenoxy) is 1. The van der Waals surface area contributed by atoms with Crippen molar-refractivity contribution >= 4 is 15.8 Å². The summed E-state index contributed by atoms with van der Waals surface area (Å²) >= 11 is 0. The van der Waals surface area contributed by atoms with Gasteiger partial charge in [-0.05, 0) is 44.7 Å². The summed E-state index contributed by atoms with van der Waals surface area (Å²) in [6.45, 7) is 1.93. The third-order valence-electron chi connectivity index (χ3n) is 4.00. The summed E-state index contributed by atoms with van der Waals surface area (Å²) in [6.07, 6.45) is 2.22. The lowest BCUT2D eigenvalue weighted by Gasteiger charge is -2.26. The van der Waals surface area contributed by atoms with Crippen molar-refractivity contribution in [1.82, 2.24) is 0 Å². The first-order valence-electron chi connectivity index (χ1n) is 6.83. The van der Waals surface area contributed by atoms with E-state index in [0.29, 0.717) is 30.6 Å². The van der Waals surface area contributed by atoms with Crippen LogP contribution in [0.2, 0.25) is 0 Å². The van der Waals surface area contributed by atoms with Gasteiger partial charge in [0.25, 0.3) is 0 Å². The summed E-state index contributed by atoms with van der Waals surface area (Å²) < 4.78 is 29.8. The van der Waals surface area contributed by atoms with E-state index < -0.39 is 9.84 Å². The van der Waals surface area contributed by atoms with Crippen LogP contribution in [-0.4, -0.2) is 26.7 Å². The summed E-state index contributed by atoms with van der Waals surface area (Å²) in [5.74, 6) is -0.374. The predicted molar refractivity (Wildman–Crippen MR) is 76.1 cm³/mol. The molecule has 0 amide bonds. The van der Waals surface area contributed by atoms with Gasteiger partial charge in [-0.2, -0.15) is 0 Å². The normalized spacial score (nSPS) is 23.3. The van der Waals surface area contributed by atoms with E-state index in [1.54, 1.807) is 12.1 Å². The van der Waals surface area contributed by atoms with Crippen LogP contribution in [0, 0.1) is 12.8 Å². The number of esters is 1. The highest BCUT2D eigenvalue weighted by Gasteiger charge is 2.34. The second-order valence-corrected chi connectivity index (χ2v) is 7.58. The van der Waals surface area contributed by atoms with Gasteiger partial charge in [-0.1, -0.05) is 17.7 Å². The van der Waals surface area contributed by atoms with Crippen LogP contribution < -0.4 is 0 Å². The smallest absolute Gasteiger partial charge is 0.308 e. The third-order valence-corrected chi connectivity index (χ3v) is 6.28. The molecule has 0 spiro atoms. The molecule has 1 aromatic rings. The Labute approximate surface area is 120 Å². The molecule has 0 aromatic heterocycles. The average Bonchev–Trinajstić information content (AvgIpc) is 2.47. The van der Waals surface area contributed by atoms with Crippen LogP contribution in [0.5, 0.6) is 0 Å². The molecule has 20 heavy (non-hydrogen) atoms. The minimum atomic E-state index is -3.29. The molecular formula is C15H20O4S. The van der Waals surface area contributed by atoms with Crippen LogP contribution in [0.3, 0.4) is 0 Å². The fourth-order valence-electron chi connectivity index (χ4n) is 2.70. The van der Waals surface area contributed by atoms with Crippen molar-refractivity contribution in [3.63, 3.8) is 0 Å². The Bertz CT molecular complexity index is 566. The Morgan fingerprint density at radius 2 is 1.65 bits per heavy atom. The lowest BCUT2D eigenvalue weighted by molar-refractivity contribution is -0.146. The lowest BCUT2D eigenvalue weighted by Crippen LogP contribution is -2.30. The topological polar surface area (TPSA) is 60.4 Å². The minimum Gasteiger partial charge on any atom is -0.469 e. The number of hydrogen-bond acceptors (Lipinski definition) is 4. The number of rotatable bonds is 3. The van der Waals surface area contributed by atoms with E-state index >= 15 is 0 Å². The molecule has 0 aliphatic heterocycles. The SMILES string of the molecule is COC(=O)C1CCC(S(=O)(=O)c2ccc(C)cc2)CC1. The predicted octanol–water partition coefficient (Wildman–Crippen LogP) is 2.50. The molecule has 1 fully saturated rings. The van der Waals surface area contributed by atoms with E-state index in [0.717, 1.165) is 5.56 Å². The van der Waals surface area contributed by atoms with Crippen LogP contribution >= 0.6 is 0 Å². The Hall–Kier alpha value is -1.36. The Morgan fingerprint density at radius 1 is 1.10 bits per heavy atom. The van der Waals surface area contributed by atoms with Crippen LogP contribution in [0.4, 0.5) is 0 Å². The van der Waals surface area contributed by atoms with Crippen molar-refractivity contribution in [3.05, 3.63) is 29.8 Å². The quantitative estimate of drug-likeness (QED) is 0.804. The van der Waals surface area contributed by atoms with Crippen molar-refractivity contribution in [3.8, 4) is 0 Å². The van der Waals surface area contributed by atoms with E-state index in [-0.39, 0.29) is 17.1 Å². The Balaban J connectivity index is 2.09. The second kappa shape index (κ2) is 5.95. The van der Waals surface area contributed by atoms with Crippen LogP contribution in [0.25, 0.3) is 0 Å². The molecule has 1 aliphatic rings. The number of aryl methyl sites for hydroxylation is 1. The molecule has 1 aromatic carbocycles. The van der Waals surface area contributed by atoms with Crippen molar-refractivity contribution < 1.29 is 17.9 Å². The standard InChI is InChI=1S/C15H20O4S/c1-11-3-7-13(8-4-11)20(17,18)14-9-5-12(6-10-14)15(16)19-2/h3-4,7-8,12,14H,5-6,9-10H2,1-2H3. The van der Waals surface area contributed by atoms with E-state index in [1.165, 1.54) is 7.11 Å². The molecule has 4 nitrogen and oxygen atoms in total. The Kier molecular flexibility index (Phi) is 4.48. The summed E-state index contributed by atoms with van der Waals surface area (Å²) in [7, 11) is -1.91. The molecule has 1 aliphatic carbocycles. The first kappa shape index (κ1) is 15.0. The number of hydrogen-bond donors (Lipinski definition) is 0. The van der Waals surface area contributed by atoms with Gasteiger partial charge in [0.05, 0.1) is 23.2 Å². The average molecular weight is 296 g/mol. The zero-order chi connectivity index (χ0) is 14.8. The molecular weight excluding hydrogens is 276 g/mol. The maximum Gasteiger partial charge on any atom is 0.308 e. The first-order valence-corrected chi connectivity index (χ1v) is 8.38. The maximum atomic E-state index is 12.5. The lowest BCUT2D eigenvalue weighted by atomic mass is 9.89. The third kappa shape index (κ3) is 3.03. The van der Waals surface area contributed by atoms with Gasteiger partial charge in [0.15, 0.2) is 9.84 Å². The Morgan fingerprint density at radius 3 is 2.15 bits per heavy atom. The summed E-state index contributed by atoms with van der Waals surface area (Å²) in [4.78, 5) is 11.8. The summed E-state index contributed by atoms with van der Waals surface area (Å²) in [6, 6.07) is 6.95. The van der Waals surface area contributed by atoms with Crippen LogP contribution in [0.15, 0.2) is 29.2 Å². The largest absolute Gasteiger partial charge is 0.469 e. The maximum absolute atomic E-state index is 12.5. The van der Waals surface area contributed by atoms with Gasteiger partial charge in [0.1, 0.15) is 0 Å². The van der Waals surface area contributed by atoms with E-state index in [1.807, 2.05) is 19.1 Å². The van der Waals surface area contributed by atoms with Crippen LogP contribution in [-0.2, 0) is 19.4 Å². The summed E-state index contributed by atoms with van der Waals surface area (Å²) in [5.41, 5.74) is 1.04. The van der Waals surface area contributed by atoms with Gasteiger partial charge in [-0.15, -0.1) is 0 Å². The number of methoxy groups -OCH3 is 1. The van der Waals surface area contributed by atoms with Gasteiger partial charge in [0.2, 0.25) is 0 Å². The fraction of sp³-hybridized carbons (Fsp3) is 0.533. The fourth-order valence-corrected chi connectivity index (χ4v) is 4.49. The molecule has 110 valence electrons. The number of benzene rings is 1. The highest BCUT2D eigenvalue weighted by atomic mass is 32.2. The van der Waals surface area contributed by atoms with E-state index in [2.05, 4.69) is 0 Å². The number of sulfone groups is 1. The molecule has 2 rings (SSSR count). The van der Waals surface area contributed by atoms with Gasteiger partial charge in [-0.25, -0.2) is 8.42 Å². The molecule has 0 unspecified atom stereocenters.